The molecule has 0 spiro atoms. The summed E-state index contributed by atoms with van der Waals surface area (Å²) in [4.78, 5) is 11.8. The molecule has 104 valence electrons. The predicted molar refractivity (Wildman–Crippen MR) is 76.0 cm³/mol. The lowest BCUT2D eigenvalue weighted by Crippen LogP contribution is -2.58. The Kier molecular flexibility index (Phi) is 5.20. The van der Waals surface area contributed by atoms with E-state index in [0.29, 0.717) is 15.9 Å². The van der Waals surface area contributed by atoms with Crippen LogP contribution >= 0.6 is 24.0 Å². The summed E-state index contributed by atoms with van der Waals surface area (Å²) in [6.07, 6.45) is 1.17. The summed E-state index contributed by atoms with van der Waals surface area (Å²) in [6.45, 7) is 6.31. The summed E-state index contributed by atoms with van der Waals surface area (Å²) in [6, 6.07) is -0.553. The first kappa shape index (κ1) is 15.5. The molecular formula is C10H20N4O2S2. The van der Waals surface area contributed by atoms with Crippen molar-refractivity contribution in [3.8, 4) is 0 Å². The number of rotatable bonds is 4. The molecule has 1 rings (SSSR count). The largest absolute Gasteiger partial charge is 0.343 e. The molecule has 2 amide bonds. The first-order valence-corrected chi connectivity index (χ1v) is 7.06. The van der Waals surface area contributed by atoms with E-state index in [0.717, 1.165) is 12.8 Å². The molecular weight excluding hydrogens is 272 g/mol. The number of hydroxylamine groups is 2. The zero-order chi connectivity index (χ0) is 13.9. The van der Waals surface area contributed by atoms with Gasteiger partial charge in [0, 0.05) is 6.54 Å². The van der Waals surface area contributed by atoms with Crippen LogP contribution in [0.3, 0.4) is 0 Å². The Hall–Kier alpha value is -0.570. The number of thioether (sulfide) groups is 1. The van der Waals surface area contributed by atoms with Crippen molar-refractivity contribution in [2.24, 2.45) is 5.84 Å². The van der Waals surface area contributed by atoms with E-state index in [9.17, 15) is 10.0 Å². The first-order chi connectivity index (χ1) is 8.31. The minimum atomic E-state index is -0.670. The van der Waals surface area contributed by atoms with Gasteiger partial charge >= 0.3 is 6.03 Å². The summed E-state index contributed by atoms with van der Waals surface area (Å²) in [5.74, 6) is 5.78. The van der Waals surface area contributed by atoms with E-state index in [1.807, 2.05) is 20.8 Å². The van der Waals surface area contributed by atoms with E-state index in [1.54, 1.807) is 0 Å². The maximum atomic E-state index is 11.8. The molecule has 1 saturated heterocycles. The van der Waals surface area contributed by atoms with Crippen molar-refractivity contribution in [1.82, 2.24) is 15.4 Å². The standard InChI is InChI=1S/C10H20N4O2S2/c1-4-5-6-12-8(15)14(16)7-10(2,3)18-9(17)13(7)11/h7,16H,4-6,11H2,1-3H3,(H,12,15). The van der Waals surface area contributed by atoms with Crippen LogP contribution in [0.2, 0.25) is 0 Å². The zero-order valence-electron chi connectivity index (χ0n) is 10.8. The summed E-state index contributed by atoms with van der Waals surface area (Å²) in [5, 5.41) is 14.5. The Morgan fingerprint density at radius 1 is 1.72 bits per heavy atom. The Balaban J connectivity index is 2.67. The molecule has 1 aliphatic rings. The third-order valence-electron chi connectivity index (χ3n) is 2.69. The van der Waals surface area contributed by atoms with Crippen LogP contribution in [-0.4, -0.2) is 43.1 Å². The van der Waals surface area contributed by atoms with Gasteiger partial charge in [0.1, 0.15) is 0 Å². The fraction of sp³-hybridized carbons (Fsp3) is 0.800. The number of hydrogen-bond donors (Lipinski definition) is 3. The third kappa shape index (κ3) is 3.25. The number of amides is 2. The highest BCUT2D eigenvalue weighted by molar-refractivity contribution is 8.24. The van der Waals surface area contributed by atoms with Gasteiger partial charge in [-0.1, -0.05) is 37.3 Å². The molecule has 8 heteroatoms. The molecule has 4 N–H and O–H groups in total. The Morgan fingerprint density at radius 3 is 2.78 bits per heavy atom. The average Bonchev–Trinajstić information content (AvgIpc) is 2.47. The lowest BCUT2D eigenvalue weighted by atomic mass is 10.1. The second kappa shape index (κ2) is 6.05. The van der Waals surface area contributed by atoms with Gasteiger partial charge in [0.05, 0.1) is 4.75 Å². The molecule has 1 heterocycles. The SMILES string of the molecule is CCCCNC(=O)N(O)C1N(N)C(=S)SC1(C)C. The Labute approximate surface area is 117 Å². The molecule has 0 bridgehead atoms. The maximum absolute atomic E-state index is 11.8. The Bertz CT molecular complexity index is 338. The topological polar surface area (TPSA) is 81.8 Å². The van der Waals surface area contributed by atoms with Gasteiger partial charge in [-0.15, -0.1) is 0 Å². The maximum Gasteiger partial charge on any atom is 0.343 e. The summed E-state index contributed by atoms with van der Waals surface area (Å²) in [5.41, 5.74) is 0. The molecule has 0 aromatic carbocycles. The highest BCUT2D eigenvalue weighted by Crippen LogP contribution is 2.40. The fourth-order valence-electron chi connectivity index (χ4n) is 1.74. The number of hydrazine groups is 1. The average molecular weight is 292 g/mol. The number of carbonyl (C=O) groups is 1. The second-order valence-corrected chi connectivity index (χ2v) is 6.97. The van der Waals surface area contributed by atoms with E-state index in [1.165, 1.54) is 16.8 Å². The number of nitrogens with two attached hydrogens (primary N) is 1. The van der Waals surface area contributed by atoms with Crippen molar-refractivity contribution in [2.45, 2.75) is 44.5 Å². The van der Waals surface area contributed by atoms with E-state index in [4.69, 9.17) is 18.1 Å². The highest BCUT2D eigenvalue weighted by Gasteiger charge is 2.48. The minimum Gasteiger partial charge on any atom is -0.336 e. The number of thiocarbonyl (C=S) groups is 1. The number of urea groups is 1. The zero-order valence-corrected chi connectivity index (χ0v) is 12.5. The van der Waals surface area contributed by atoms with Crippen molar-refractivity contribution in [3.63, 3.8) is 0 Å². The Morgan fingerprint density at radius 2 is 2.33 bits per heavy atom. The van der Waals surface area contributed by atoms with Crippen molar-refractivity contribution >= 4 is 34.3 Å². The van der Waals surface area contributed by atoms with Crippen molar-refractivity contribution in [1.29, 1.82) is 0 Å². The number of unbranched alkanes of at least 4 members (excludes halogenated alkanes) is 1. The molecule has 1 fully saturated rings. The number of nitrogens with one attached hydrogen (secondary N) is 1. The van der Waals surface area contributed by atoms with Gasteiger partial charge in [-0.3, -0.25) is 10.2 Å². The van der Waals surface area contributed by atoms with Crippen molar-refractivity contribution < 1.29 is 10.0 Å². The van der Waals surface area contributed by atoms with Crippen LogP contribution in [0.5, 0.6) is 0 Å². The van der Waals surface area contributed by atoms with E-state index >= 15 is 0 Å². The number of nitrogens with zero attached hydrogens (tertiary/aromatic N) is 2. The molecule has 0 radical (unpaired) electrons. The van der Waals surface area contributed by atoms with E-state index in [2.05, 4.69) is 5.32 Å². The van der Waals surface area contributed by atoms with Crippen LogP contribution < -0.4 is 11.2 Å². The molecule has 1 aliphatic heterocycles. The van der Waals surface area contributed by atoms with Crippen molar-refractivity contribution in [3.05, 3.63) is 0 Å². The van der Waals surface area contributed by atoms with Gasteiger partial charge in [0.25, 0.3) is 0 Å². The number of carbonyl (C=O) groups excluding carboxylic acids is 1. The van der Waals surface area contributed by atoms with Gasteiger partial charge in [-0.05, 0) is 20.3 Å². The lowest BCUT2D eigenvalue weighted by Gasteiger charge is -2.34. The molecule has 0 aromatic heterocycles. The second-order valence-electron chi connectivity index (χ2n) is 4.68. The minimum absolute atomic E-state index is 0.456. The predicted octanol–water partition coefficient (Wildman–Crippen LogP) is 1.50. The summed E-state index contributed by atoms with van der Waals surface area (Å²) >= 11 is 6.44. The molecule has 0 saturated carbocycles. The highest BCUT2D eigenvalue weighted by atomic mass is 32.2. The lowest BCUT2D eigenvalue weighted by molar-refractivity contribution is -0.119. The normalized spacial score (nSPS) is 22.2. The van der Waals surface area contributed by atoms with E-state index < -0.39 is 16.9 Å². The summed E-state index contributed by atoms with van der Waals surface area (Å²) in [7, 11) is 0. The smallest absolute Gasteiger partial charge is 0.336 e. The molecule has 18 heavy (non-hydrogen) atoms. The van der Waals surface area contributed by atoms with Gasteiger partial charge in [0.2, 0.25) is 0 Å². The molecule has 1 unspecified atom stereocenters. The first-order valence-electron chi connectivity index (χ1n) is 5.84. The molecule has 6 nitrogen and oxygen atoms in total. The fourth-order valence-corrected chi connectivity index (χ4v) is 3.46. The van der Waals surface area contributed by atoms with Crippen molar-refractivity contribution in [2.75, 3.05) is 6.54 Å². The van der Waals surface area contributed by atoms with Crippen LogP contribution in [0, 0.1) is 0 Å². The van der Waals surface area contributed by atoms with Crippen LogP contribution in [-0.2, 0) is 0 Å². The molecule has 0 aliphatic carbocycles. The van der Waals surface area contributed by atoms with Crippen LogP contribution in [0.1, 0.15) is 33.6 Å². The van der Waals surface area contributed by atoms with E-state index in [-0.39, 0.29) is 0 Å². The molecule has 1 atom stereocenters. The van der Waals surface area contributed by atoms with Gasteiger partial charge in [0.15, 0.2) is 10.5 Å². The van der Waals surface area contributed by atoms with Gasteiger partial charge in [-0.2, -0.15) is 5.06 Å². The number of hydrogen-bond acceptors (Lipinski definition) is 5. The quantitative estimate of drug-likeness (QED) is 0.239. The van der Waals surface area contributed by atoms with Crippen LogP contribution in [0.15, 0.2) is 0 Å². The third-order valence-corrected chi connectivity index (χ3v) is 4.28. The van der Waals surface area contributed by atoms with Crippen LogP contribution in [0.25, 0.3) is 0 Å². The summed E-state index contributed by atoms with van der Waals surface area (Å²) < 4.78 is 0.00767. The van der Waals surface area contributed by atoms with Crippen LogP contribution in [0.4, 0.5) is 4.79 Å². The van der Waals surface area contributed by atoms with Gasteiger partial charge in [-0.25, -0.2) is 10.6 Å². The monoisotopic (exact) mass is 292 g/mol. The van der Waals surface area contributed by atoms with Gasteiger partial charge < -0.3 is 5.32 Å². The molecule has 0 aromatic rings.